The summed E-state index contributed by atoms with van der Waals surface area (Å²) >= 11 is 5.80. The van der Waals surface area contributed by atoms with Gasteiger partial charge < -0.3 is 10.1 Å². The second-order valence-corrected chi connectivity index (χ2v) is 4.81. The second-order valence-electron chi connectivity index (χ2n) is 4.38. The maximum atomic E-state index is 12.0. The minimum Gasteiger partial charge on any atom is -0.465 e. The Morgan fingerprint density at radius 1 is 1.00 bits per heavy atom. The molecule has 21 heavy (non-hydrogen) atoms. The van der Waals surface area contributed by atoms with Crippen molar-refractivity contribution in [2.75, 3.05) is 7.11 Å². The summed E-state index contributed by atoms with van der Waals surface area (Å²) in [5, 5.41) is 3.46. The number of hydrogen-bond donors (Lipinski definition) is 1. The van der Waals surface area contributed by atoms with Crippen molar-refractivity contribution < 1.29 is 14.3 Å². The molecule has 2 rings (SSSR count). The minimum atomic E-state index is -0.428. The third kappa shape index (κ3) is 4.07. The number of nitrogens with one attached hydrogen (secondary N) is 1. The molecule has 5 heteroatoms. The van der Waals surface area contributed by atoms with Crippen molar-refractivity contribution in [2.24, 2.45) is 0 Å². The van der Waals surface area contributed by atoms with Gasteiger partial charge in [-0.25, -0.2) is 4.79 Å². The van der Waals surface area contributed by atoms with Crippen LogP contribution in [0.25, 0.3) is 0 Å². The van der Waals surface area contributed by atoms with Gasteiger partial charge in [0.15, 0.2) is 0 Å². The number of benzene rings is 2. The third-order valence-electron chi connectivity index (χ3n) is 2.93. The molecule has 0 atom stereocenters. The maximum Gasteiger partial charge on any atom is 0.337 e. The fourth-order valence-corrected chi connectivity index (χ4v) is 1.89. The zero-order valence-corrected chi connectivity index (χ0v) is 12.2. The van der Waals surface area contributed by atoms with E-state index in [1.165, 1.54) is 7.11 Å². The van der Waals surface area contributed by atoms with Crippen molar-refractivity contribution in [2.45, 2.75) is 6.54 Å². The summed E-state index contributed by atoms with van der Waals surface area (Å²) < 4.78 is 4.60. The highest BCUT2D eigenvalue weighted by Gasteiger charge is 2.08. The number of amides is 1. The van der Waals surface area contributed by atoms with Crippen molar-refractivity contribution in [3.05, 3.63) is 70.2 Å². The number of carbonyl (C=O) groups is 2. The molecule has 0 spiro atoms. The molecule has 2 aromatic rings. The van der Waals surface area contributed by atoms with Crippen LogP contribution in [-0.2, 0) is 11.3 Å². The largest absolute Gasteiger partial charge is 0.465 e. The van der Waals surface area contributed by atoms with E-state index in [-0.39, 0.29) is 5.91 Å². The van der Waals surface area contributed by atoms with Crippen LogP contribution in [0.2, 0.25) is 5.02 Å². The van der Waals surface area contributed by atoms with Gasteiger partial charge in [-0.1, -0.05) is 23.7 Å². The Labute approximate surface area is 127 Å². The van der Waals surface area contributed by atoms with Crippen molar-refractivity contribution in [1.82, 2.24) is 5.32 Å². The Bertz CT molecular complexity index is 636. The maximum absolute atomic E-state index is 12.0. The van der Waals surface area contributed by atoms with Crippen LogP contribution in [0.3, 0.4) is 0 Å². The van der Waals surface area contributed by atoms with Crippen LogP contribution in [-0.4, -0.2) is 19.0 Å². The molecule has 0 aliphatic heterocycles. The fourth-order valence-electron chi connectivity index (χ4n) is 1.76. The number of methoxy groups -OCH3 is 1. The van der Waals surface area contributed by atoms with E-state index in [1.807, 2.05) is 12.1 Å². The standard InChI is InChI=1S/C16H14ClNO3/c1-21-16(20)13-6-4-12(5-7-13)15(19)18-10-11-2-8-14(17)9-3-11/h2-9H,10H2,1H3,(H,18,19). The van der Waals surface area contributed by atoms with Gasteiger partial charge >= 0.3 is 5.97 Å². The lowest BCUT2D eigenvalue weighted by Crippen LogP contribution is -2.22. The summed E-state index contributed by atoms with van der Waals surface area (Å²) in [5.41, 5.74) is 1.85. The van der Waals surface area contributed by atoms with E-state index in [1.54, 1.807) is 36.4 Å². The fraction of sp³-hybridized carbons (Fsp3) is 0.125. The Hall–Kier alpha value is -2.33. The van der Waals surface area contributed by atoms with Gasteiger partial charge in [-0.2, -0.15) is 0 Å². The molecule has 108 valence electrons. The molecule has 2 aromatic carbocycles. The topological polar surface area (TPSA) is 55.4 Å². The molecule has 0 radical (unpaired) electrons. The molecule has 0 unspecified atom stereocenters. The van der Waals surface area contributed by atoms with E-state index >= 15 is 0 Å². The average Bonchev–Trinajstić information content (AvgIpc) is 2.53. The van der Waals surface area contributed by atoms with Crippen LogP contribution in [0.4, 0.5) is 0 Å². The Morgan fingerprint density at radius 2 is 1.57 bits per heavy atom. The van der Waals surface area contributed by atoms with Crippen LogP contribution in [0.15, 0.2) is 48.5 Å². The Balaban J connectivity index is 1.97. The number of ether oxygens (including phenoxy) is 1. The molecule has 0 fully saturated rings. The first-order valence-electron chi connectivity index (χ1n) is 6.31. The third-order valence-corrected chi connectivity index (χ3v) is 3.19. The van der Waals surface area contributed by atoms with Crippen LogP contribution < -0.4 is 5.32 Å². The quantitative estimate of drug-likeness (QED) is 0.883. The molecular formula is C16H14ClNO3. The number of carbonyl (C=O) groups excluding carboxylic acids is 2. The summed E-state index contributed by atoms with van der Waals surface area (Å²) in [5.74, 6) is -0.635. The van der Waals surface area contributed by atoms with Crippen LogP contribution in [0.1, 0.15) is 26.3 Å². The molecule has 0 aromatic heterocycles. The molecule has 1 amide bonds. The van der Waals surface area contributed by atoms with E-state index in [9.17, 15) is 9.59 Å². The summed E-state index contributed by atoms with van der Waals surface area (Å²) in [6, 6.07) is 13.5. The summed E-state index contributed by atoms with van der Waals surface area (Å²) in [6.45, 7) is 0.411. The molecule has 0 aliphatic rings. The highest BCUT2D eigenvalue weighted by atomic mass is 35.5. The van der Waals surface area contributed by atoms with Crippen molar-refractivity contribution in [3.8, 4) is 0 Å². The average molecular weight is 304 g/mol. The van der Waals surface area contributed by atoms with E-state index in [4.69, 9.17) is 11.6 Å². The first-order valence-corrected chi connectivity index (χ1v) is 6.69. The second kappa shape index (κ2) is 6.90. The molecule has 1 N–H and O–H groups in total. The van der Waals surface area contributed by atoms with E-state index in [0.717, 1.165) is 5.56 Å². The van der Waals surface area contributed by atoms with Crippen molar-refractivity contribution in [3.63, 3.8) is 0 Å². The molecule has 0 heterocycles. The summed E-state index contributed by atoms with van der Waals surface area (Å²) in [7, 11) is 1.31. The molecular weight excluding hydrogens is 290 g/mol. The van der Waals surface area contributed by atoms with Gasteiger partial charge in [0.25, 0.3) is 5.91 Å². The normalized spacial score (nSPS) is 10.0. The lowest BCUT2D eigenvalue weighted by molar-refractivity contribution is 0.0600. The van der Waals surface area contributed by atoms with Gasteiger partial charge in [0.1, 0.15) is 0 Å². The van der Waals surface area contributed by atoms with Crippen LogP contribution >= 0.6 is 11.6 Å². The Morgan fingerprint density at radius 3 is 2.14 bits per heavy atom. The molecule has 0 saturated heterocycles. The number of rotatable bonds is 4. The zero-order valence-electron chi connectivity index (χ0n) is 11.4. The minimum absolute atomic E-state index is 0.207. The monoisotopic (exact) mass is 303 g/mol. The van der Waals surface area contributed by atoms with E-state index < -0.39 is 5.97 Å². The first-order chi connectivity index (χ1) is 10.1. The molecule has 0 saturated carbocycles. The van der Waals surface area contributed by atoms with Crippen molar-refractivity contribution in [1.29, 1.82) is 0 Å². The predicted molar refractivity (Wildman–Crippen MR) is 80.4 cm³/mol. The van der Waals surface area contributed by atoms with E-state index in [2.05, 4.69) is 10.1 Å². The van der Waals surface area contributed by atoms with Crippen molar-refractivity contribution >= 4 is 23.5 Å². The number of esters is 1. The Kier molecular flexibility index (Phi) is 4.95. The smallest absolute Gasteiger partial charge is 0.337 e. The number of halogens is 1. The first kappa shape index (κ1) is 15.1. The highest BCUT2D eigenvalue weighted by molar-refractivity contribution is 6.30. The van der Waals surface area contributed by atoms with Gasteiger partial charge in [0, 0.05) is 17.1 Å². The van der Waals surface area contributed by atoms with Crippen LogP contribution in [0, 0.1) is 0 Å². The van der Waals surface area contributed by atoms with E-state index in [0.29, 0.717) is 22.7 Å². The van der Waals surface area contributed by atoms with Crippen LogP contribution in [0.5, 0.6) is 0 Å². The summed E-state index contributed by atoms with van der Waals surface area (Å²) in [4.78, 5) is 23.3. The lowest BCUT2D eigenvalue weighted by Gasteiger charge is -2.06. The zero-order chi connectivity index (χ0) is 15.2. The molecule has 0 bridgehead atoms. The SMILES string of the molecule is COC(=O)c1ccc(C(=O)NCc2ccc(Cl)cc2)cc1. The predicted octanol–water partition coefficient (Wildman–Crippen LogP) is 3.06. The lowest BCUT2D eigenvalue weighted by atomic mass is 10.1. The highest BCUT2D eigenvalue weighted by Crippen LogP contribution is 2.10. The van der Waals surface area contributed by atoms with Gasteiger partial charge in [-0.15, -0.1) is 0 Å². The van der Waals surface area contributed by atoms with Gasteiger partial charge in [0.2, 0.25) is 0 Å². The summed E-state index contributed by atoms with van der Waals surface area (Å²) in [6.07, 6.45) is 0. The van der Waals surface area contributed by atoms with Gasteiger partial charge in [-0.05, 0) is 42.0 Å². The molecule has 0 aliphatic carbocycles. The van der Waals surface area contributed by atoms with Gasteiger partial charge in [-0.3, -0.25) is 4.79 Å². The van der Waals surface area contributed by atoms with Gasteiger partial charge in [0.05, 0.1) is 12.7 Å². The molecule has 4 nitrogen and oxygen atoms in total. The number of hydrogen-bond acceptors (Lipinski definition) is 3.